The maximum absolute atomic E-state index is 12.3. The van der Waals surface area contributed by atoms with Crippen LogP contribution in [0.5, 0.6) is 0 Å². The summed E-state index contributed by atoms with van der Waals surface area (Å²) in [6.45, 7) is 6.29. The van der Waals surface area contributed by atoms with Crippen molar-refractivity contribution in [1.82, 2.24) is 0 Å². The maximum Gasteiger partial charge on any atom is 0.279 e. The predicted molar refractivity (Wildman–Crippen MR) is 99.8 cm³/mol. The van der Waals surface area contributed by atoms with Gasteiger partial charge in [0.1, 0.15) is 0 Å². The van der Waals surface area contributed by atoms with Crippen molar-refractivity contribution >= 4 is 17.3 Å². The van der Waals surface area contributed by atoms with E-state index in [9.17, 15) is 4.79 Å². The monoisotopic (exact) mass is 330 g/mol. The van der Waals surface area contributed by atoms with Gasteiger partial charge in [0.25, 0.3) is 5.91 Å². The van der Waals surface area contributed by atoms with Gasteiger partial charge < -0.3 is 15.1 Å². The minimum atomic E-state index is 0.140. The van der Waals surface area contributed by atoms with Crippen molar-refractivity contribution in [3.8, 4) is 0 Å². The molecule has 0 bridgehead atoms. The van der Waals surface area contributed by atoms with Crippen molar-refractivity contribution in [2.24, 2.45) is 0 Å². The minimum Gasteiger partial charge on any atom is -0.372 e. The summed E-state index contributed by atoms with van der Waals surface area (Å²) in [5.41, 5.74) is 2.20. The summed E-state index contributed by atoms with van der Waals surface area (Å²) in [5, 5.41) is 3.07. The number of amides is 1. The van der Waals surface area contributed by atoms with E-state index in [1.165, 1.54) is 55.5 Å². The van der Waals surface area contributed by atoms with Crippen LogP contribution in [0.2, 0.25) is 0 Å². The zero-order chi connectivity index (χ0) is 16.8. The van der Waals surface area contributed by atoms with Gasteiger partial charge in [-0.15, -0.1) is 0 Å². The van der Waals surface area contributed by atoms with E-state index in [-0.39, 0.29) is 5.91 Å². The number of carbonyl (C=O) groups is 1. The van der Waals surface area contributed by atoms with Gasteiger partial charge in [-0.25, -0.2) is 0 Å². The molecule has 4 heteroatoms. The number of rotatable bonds is 4. The summed E-state index contributed by atoms with van der Waals surface area (Å²) >= 11 is 0. The first-order valence-corrected chi connectivity index (χ1v) is 9.72. The van der Waals surface area contributed by atoms with Crippen molar-refractivity contribution in [1.29, 1.82) is 0 Å². The van der Waals surface area contributed by atoms with Crippen LogP contribution in [-0.2, 0) is 4.79 Å². The molecule has 3 rings (SSSR count). The second-order valence-corrected chi connectivity index (χ2v) is 7.48. The fourth-order valence-electron chi connectivity index (χ4n) is 4.01. The zero-order valence-corrected chi connectivity index (χ0v) is 15.0. The van der Waals surface area contributed by atoms with Crippen molar-refractivity contribution in [3.05, 3.63) is 24.3 Å². The van der Waals surface area contributed by atoms with Crippen molar-refractivity contribution in [3.63, 3.8) is 0 Å². The average molecular weight is 330 g/mol. The second kappa shape index (κ2) is 8.52. The molecule has 0 aliphatic carbocycles. The topological polar surface area (TPSA) is 36.8 Å². The largest absolute Gasteiger partial charge is 0.372 e. The van der Waals surface area contributed by atoms with E-state index in [0.717, 1.165) is 25.3 Å². The summed E-state index contributed by atoms with van der Waals surface area (Å²) < 4.78 is 0. The Bertz CT molecular complexity index is 520. The molecule has 2 aliphatic heterocycles. The first kappa shape index (κ1) is 17.3. The molecule has 2 fully saturated rings. The number of quaternary nitrogens is 1. The van der Waals surface area contributed by atoms with Crippen molar-refractivity contribution < 1.29 is 9.69 Å². The number of nitrogens with one attached hydrogen (secondary N) is 2. The molecule has 132 valence electrons. The molecule has 0 aromatic heterocycles. The molecule has 2 heterocycles. The second-order valence-electron chi connectivity index (χ2n) is 7.48. The van der Waals surface area contributed by atoms with Crippen LogP contribution in [0.4, 0.5) is 11.4 Å². The Balaban J connectivity index is 1.52. The normalized spacial score (nSPS) is 25.1. The van der Waals surface area contributed by atoms with Crippen LogP contribution in [0.15, 0.2) is 24.3 Å². The van der Waals surface area contributed by atoms with Crippen LogP contribution in [0.25, 0.3) is 0 Å². The van der Waals surface area contributed by atoms with E-state index in [4.69, 9.17) is 0 Å². The third-order valence-corrected chi connectivity index (χ3v) is 5.59. The molecule has 1 amide bonds. The average Bonchev–Trinajstić information content (AvgIpc) is 2.87. The molecule has 2 N–H and O–H groups in total. The Morgan fingerprint density at radius 3 is 2.46 bits per heavy atom. The van der Waals surface area contributed by atoms with E-state index >= 15 is 0 Å². The highest BCUT2D eigenvalue weighted by atomic mass is 16.2. The number of likely N-dealkylation sites (tertiary alicyclic amines) is 1. The van der Waals surface area contributed by atoms with E-state index in [1.807, 2.05) is 12.1 Å². The molecular weight excluding hydrogens is 298 g/mol. The summed E-state index contributed by atoms with van der Waals surface area (Å²) in [5.74, 6) is 0.140. The molecule has 24 heavy (non-hydrogen) atoms. The van der Waals surface area contributed by atoms with Gasteiger partial charge >= 0.3 is 0 Å². The number of carbonyl (C=O) groups excluding carboxylic acids is 1. The molecule has 2 atom stereocenters. The first-order chi connectivity index (χ1) is 11.7. The number of hydrogen-bond donors (Lipinski definition) is 2. The van der Waals surface area contributed by atoms with Gasteiger partial charge in [-0.1, -0.05) is 12.8 Å². The lowest BCUT2D eigenvalue weighted by Gasteiger charge is -2.29. The molecule has 4 nitrogen and oxygen atoms in total. The number of benzene rings is 1. The van der Waals surface area contributed by atoms with E-state index in [2.05, 4.69) is 29.3 Å². The fourth-order valence-corrected chi connectivity index (χ4v) is 4.01. The molecular formula is C20H32N3O+. The van der Waals surface area contributed by atoms with Crippen LogP contribution >= 0.6 is 0 Å². The molecule has 0 spiro atoms. The molecule has 1 aromatic rings. The lowest BCUT2D eigenvalue weighted by Crippen LogP contribution is -3.17. The Morgan fingerprint density at radius 1 is 1.08 bits per heavy atom. The van der Waals surface area contributed by atoms with E-state index in [1.54, 1.807) is 0 Å². The highest BCUT2D eigenvalue weighted by Gasteiger charge is 2.24. The number of piperidine rings is 1. The zero-order valence-electron chi connectivity index (χ0n) is 15.0. The van der Waals surface area contributed by atoms with Crippen LogP contribution in [0.3, 0.4) is 0 Å². The first-order valence-electron chi connectivity index (χ1n) is 9.72. The quantitative estimate of drug-likeness (QED) is 0.890. The van der Waals surface area contributed by atoms with Gasteiger partial charge in [-0.05, 0) is 63.3 Å². The number of hydrogen-bond acceptors (Lipinski definition) is 2. The predicted octanol–water partition coefficient (Wildman–Crippen LogP) is 2.46. The Morgan fingerprint density at radius 2 is 1.79 bits per heavy atom. The lowest BCUT2D eigenvalue weighted by molar-refractivity contribution is -0.920. The standard InChI is InChI=1S/C20H31N3O/c1-17-8-4-7-15-23(17)16-20(24)21-18-9-11-19(12-10-18)22-13-5-2-3-6-14-22/h9-12,17H,2-8,13-16H2,1H3,(H,21,24)/p+1/t17-/m0/s1. The van der Waals surface area contributed by atoms with Gasteiger partial charge in [-0.2, -0.15) is 0 Å². The lowest BCUT2D eigenvalue weighted by atomic mass is 10.0. The van der Waals surface area contributed by atoms with Gasteiger partial charge in [0.15, 0.2) is 6.54 Å². The third kappa shape index (κ3) is 4.73. The highest BCUT2D eigenvalue weighted by Crippen LogP contribution is 2.21. The van der Waals surface area contributed by atoms with Gasteiger partial charge in [0.2, 0.25) is 0 Å². The molecule has 1 aromatic carbocycles. The molecule has 2 aliphatic rings. The maximum atomic E-state index is 12.3. The third-order valence-electron chi connectivity index (χ3n) is 5.59. The number of anilines is 2. The molecule has 1 unspecified atom stereocenters. The van der Waals surface area contributed by atoms with Gasteiger partial charge in [-0.3, -0.25) is 4.79 Å². The van der Waals surface area contributed by atoms with Crippen molar-refractivity contribution in [2.75, 3.05) is 36.4 Å². The number of nitrogens with zero attached hydrogens (tertiary/aromatic N) is 1. The Labute approximate surface area is 146 Å². The fraction of sp³-hybridized carbons (Fsp3) is 0.650. The molecule has 0 radical (unpaired) electrons. The van der Waals surface area contributed by atoms with Crippen LogP contribution in [0, 0.1) is 0 Å². The Hall–Kier alpha value is -1.55. The SMILES string of the molecule is C[C@H]1CCCC[NH+]1CC(=O)Nc1ccc(N2CCCCCC2)cc1. The van der Waals surface area contributed by atoms with Crippen LogP contribution in [0.1, 0.15) is 51.9 Å². The van der Waals surface area contributed by atoms with Gasteiger partial charge in [0.05, 0.1) is 12.6 Å². The van der Waals surface area contributed by atoms with Crippen LogP contribution in [-0.4, -0.2) is 38.1 Å². The minimum absolute atomic E-state index is 0.140. The summed E-state index contributed by atoms with van der Waals surface area (Å²) in [6.07, 6.45) is 9.07. The smallest absolute Gasteiger partial charge is 0.279 e. The highest BCUT2D eigenvalue weighted by molar-refractivity contribution is 5.91. The summed E-state index contributed by atoms with van der Waals surface area (Å²) in [7, 11) is 0. The van der Waals surface area contributed by atoms with Gasteiger partial charge in [0, 0.05) is 24.5 Å². The molecule has 0 saturated carbocycles. The van der Waals surface area contributed by atoms with E-state index < -0.39 is 0 Å². The van der Waals surface area contributed by atoms with Crippen molar-refractivity contribution in [2.45, 2.75) is 57.9 Å². The summed E-state index contributed by atoms with van der Waals surface area (Å²) in [4.78, 5) is 16.2. The summed E-state index contributed by atoms with van der Waals surface area (Å²) in [6, 6.07) is 9.00. The Kier molecular flexibility index (Phi) is 6.13. The van der Waals surface area contributed by atoms with E-state index in [0.29, 0.717) is 12.6 Å². The molecule has 2 saturated heterocycles. The van der Waals surface area contributed by atoms with Crippen LogP contribution < -0.4 is 15.1 Å².